The van der Waals surface area contributed by atoms with Crippen LogP contribution in [0.25, 0.3) is 0 Å². The predicted molar refractivity (Wildman–Crippen MR) is 98.9 cm³/mol. The van der Waals surface area contributed by atoms with Gasteiger partial charge in [-0.1, -0.05) is 47.2 Å². The van der Waals surface area contributed by atoms with Crippen molar-refractivity contribution in [3.05, 3.63) is 70.4 Å². The largest absolute Gasteiger partial charge is 0.454 e. The molecule has 0 radical (unpaired) electrons. The molecule has 1 aliphatic carbocycles. The van der Waals surface area contributed by atoms with E-state index >= 15 is 0 Å². The summed E-state index contributed by atoms with van der Waals surface area (Å²) in [5.41, 5.74) is 3.69. The van der Waals surface area contributed by atoms with E-state index in [4.69, 9.17) is 9.47 Å². The first-order valence-corrected chi connectivity index (χ1v) is 9.03. The Morgan fingerprint density at radius 2 is 1.96 bits per heavy atom. The summed E-state index contributed by atoms with van der Waals surface area (Å²) in [6, 6.07) is 4.26. The van der Waals surface area contributed by atoms with Crippen LogP contribution in [0.15, 0.2) is 64.8 Å². The minimum Gasteiger partial charge on any atom is -0.454 e. The van der Waals surface area contributed by atoms with E-state index in [0.717, 1.165) is 22.4 Å². The number of rotatable bonds is 2. The van der Waals surface area contributed by atoms with E-state index in [-0.39, 0.29) is 12.8 Å². The van der Waals surface area contributed by atoms with Gasteiger partial charge in [0.05, 0.1) is 6.04 Å². The molecule has 3 nitrogen and oxygen atoms in total. The fraction of sp³-hybridized carbons (Fsp3) is 0.300. The molecule has 1 aromatic carbocycles. The lowest BCUT2D eigenvalue weighted by Crippen LogP contribution is -2.36. The third-order valence-electron chi connectivity index (χ3n) is 5.01. The fourth-order valence-corrected chi connectivity index (χ4v) is 4.30. The van der Waals surface area contributed by atoms with Crippen LogP contribution in [0, 0.1) is 11.8 Å². The quantitative estimate of drug-likeness (QED) is 0.724. The maximum absolute atomic E-state index is 5.57. The Hall–Kier alpha value is -1.94. The molecule has 0 saturated heterocycles. The number of benzene rings is 1. The highest BCUT2D eigenvalue weighted by Crippen LogP contribution is 2.45. The highest BCUT2D eigenvalue weighted by atomic mass is 79.9. The maximum atomic E-state index is 5.57. The van der Waals surface area contributed by atoms with Crippen LogP contribution in [0.4, 0.5) is 0 Å². The zero-order valence-corrected chi connectivity index (χ0v) is 15.2. The molecule has 0 spiro atoms. The van der Waals surface area contributed by atoms with Gasteiger partial charge < -0.3 is 14.8 Å². The van der Waals surface area contributed by atoms with E-state index in [2.05, 4.69) is 71.2 Å². The summed E-state index contributed by atoms with van der Waals surface area (Å²) in [6.45, 7) is 6.65. The van der Waals surface area contributed by atoms with Gasteiger partial charge in [0.15, 0.2) is 11.5 Å². The van der Waals surface area contributed by atoms with Crippen molar-refractivity contribution in [2.45, 2.75) is 19.4 Å². The molecule has 4 rings (SSSR count). The van der Waals surface area contributed by atoms with E-state index in [1.807, 2.05) is 6.07 Å². The van der Waals surface area contributed by atoms with E-state index < -0.39 is 0 Å². The molecule has 0 fully saturated rings. The first-order chi connectivity index (χ1) is 11.7. The minimum absolute atomic E-state index is 0.173. The van der Waals surface area contributed by atoms with Crippen LogP contribution < -0.4 is 14.8 Å². The van der Waals surface area contributed by atoms with Crippen molar-refractivity contribution in [1.29, 1.82) is 0 Å². The Balaban J connectivity index is 1.78. The van der Waals surface area contributed by atoms with Gasteiger partial charge in [-0.15, -0.1) is 6.58 Å². The number of halogens is 1. The molecule has 124 valence electrons. The Bertz CT molecular complexity index is 778. The summed E-state index contributed by atoms with van der Waals surface area (Å²) in [4.78, 5) is 0. The molecular formula is C20H20BrNO2. The lowest BCUT2D eigenvalue weighted by Gasteiger charge is -2.38. The summed E-state index contributed by atoms with van der Waals surface area (Å²) >= 11 is 3.71. The van der Waals surface area contributed by atoms with Gasteiger partial charge in [-0.3, -0.25) is 0 Å². The molecule has 0 saturated carbocycles. The monoisotopic (exact) mass is 385 g/mol. The van der Waals surface area contributed by atoms with Crippen molar-refractivity contribution in [2.75, 3.05) is 6.79 Å². The van der Waals surface area contributed by atoms with Crippen LogP contribution in [-0.4, -0.2) is 6.79 Å². The Morgan fingerprint density at radius 1 is 1.21 bits per heavy atom. The molecule has 3 atom stereocenters. The van der Waals surface area contributed by atoms with Crippen molar-refractivity contribution >= 4 is 15.9 Å². The summed E-state index contributed by atoms with van der Waals surface area (Å²) in [7, 11) is 0. The van der Waals surface area contributed by atoms with Crippen LogP contribution >= 0.6 is 15.9 Å². The Morgan fingerprint density at radius 3 is 2.75 bits per heavy atom. The average molecular weight is 386 g/mol. The molecule has 0 aromatic heterocycles. The molecule has 2 heterocycles. The maximum Gasteiger partial charge on any atom is 0.231 e. The van der Waals surface area contributed by atoms with Gasteiger partial charge in [0.25, 0.3) is 0 Å². The van der Waals surface area contributed by atoms with Crippen molar-refractivity contribution in [3.8, 4) is 11.5 Å². The number of hydrogen-bond acceptors (Lipinski definition) is 3. The number of nitrogens with one attached hydrogen (secondary N) is 1. The van der Waals surface area contributed by atoms with Gasteiger partial charge >= 0.3 is 0 Å². The molecule has 1 aromatic rings. The van der Waals surface area contributed by atoms with Crippen molar-refractivity contribution < 1.29 is 9.47 Å². The van der Waals surface area contributed by atoms with E-state index in [1.54, 1.807) is 0 Å². The molecule has 4 heteroatoms. The summed E-state index contributed by atoms with van der Waals surface area (Å²) < 4.78 is 12.1. The standard InChI is InChI=1S/C20H20BrNO2/c1-3-13-12(2)20(22-17-8-6-4-5-7-14(13)17)15-9-18-19(10-16(15)21)24-11-23-18/h3,5-10,12-13,20,22H,1,4,11H2,2H3. The van der Waals surface area contributed by atoms with Gasteiger partial charge in [0.2, 0.25) is 6.79 Å². The van der Waals surface area contributed by atoms with Crippen molar-refractivity contribution in [1.82, 2.24) is 5.32 Å². The number of ether oxygens (including phenoxy) is 2. The molecular weight excluding hydrogens is 366 g/mol. The topological polar surface area (TPSA) is 30.5 Å². The predicted octanol–water partition coefficient (Wildman–Crippen LogP) is 5.03. The van der Waals surface area contributed by atoms with Gasteiger partial charge in [0, 0.05) is 16.1 Å². The van der Waals surface area contributed by atoms with Gasteiger partial charge in [-0.05, 0) is 41.7 Å². The number of allylic oxidation sites excluding steroid dienone is 6. The fourth-order valence-electron chi connectivity index (χ4n) is 3.73. The van der Waals surface area contributed by atoms with Crippen molar-refractivity contribution in [2.24, 2.45) is 11.8 Å². The molecule has 3 aliphatic rings. The molecule has 24 heavy (non-hydrogen) atoms. The third-order valence-corrected chi connectivity index (χ3v) is 5.70. The summed E-state index contributed by atoms with van der Waals surface area (Å²) in [6.07, 6.45) is 11.8. The SMILES string of the molecule is C=CC1C2=C(C=CCC=C2)NC(c2cc3c(cc2Br)OCO3)C1C. The van der Waals surface area contributed by atoms with Crippen LogP contribution in [0.3, 0.4) is 0 Å². The lowest BCUT2D eigenvalue weighted by atomic mass is 9.76. The number of hydrogen-bond donors (Lipinski definition) is 1. The Kier molecular flexibility index (Phi) is 4.01. The van der Waals surface area contributed by atoms with Crippen LogP contribution in [0.1, 0.15) is 24.9 Å². The highest BCUT2D eigenvalue weighted by Gasteiger charge is 2.35. The molecule has 3 unspecified atom stereocenters. The minimum atomic E-state index is 0.173. The van der Waals surface area contributed by atoms with Crippen LogP contribution in [0.2, 0.25) is 0 Å². The second kappa shape index (κ2) is 6.17. The first-order valence-electron chi connectivity index (χ1n) is 8.24. The lowest BCUT2D eigenvalue weighted by molar-refractivity contribution is 0.174. The molecule has 0 amide bonds. The summed E-state index contributed by atoms with van der Waals surface area (Å²) in [5.74, 6) is 2.29. The summed E-state index contributed by atoms with van der Waals surface area (Å²) in [5, 5.41) is 3.73. The number of fused-ring (bicyclic) bond motifs is 1. The smallest absolute Gasteiger partial charge is 0.231 e. The average Bonchev–Trinajstić information content (AvgIpc) is 2.89. The van der Waals surface area contributed by atoms with E-state index in [1.165, 1.54) is 16.8 Å². The molecule has 1 N–H and O–H groups in total. The van der Waals surface area contributed by atoms with E-state index in [0.29, 0.717) is 11.8 Å². The second-order valence-corrected chi connectivity index (χ2v) is 7.23. The van der Waals surface area contributed by atoms with Crippen LogP contribution in [-0.2, 0) is 0 Å². The zero-order valence-electron chi connectivity index (χ0n) is 13.6. The third kappa shape index (κ3) is 2.49. The normalized spacial score (nSPS) is 27.5. The first kappa shape index (κ1) is 15.6. The van der Waals surface area contributed by atoms with Gasteiger partial charge in [0.1, 0.15) is 0 Å². The highest BCUT2D eigenvalue weighted by molar-refractivity contribution is 9.10. The van der Waals surface area contributed by atoms with Crippen LogP contribution in [0.5, 0.6) is 11.5 Å². The van der Waals surface area contributed by atoms with Gasteiger partial charge in [-0.2, -0.15) is 0 Å². The van der Waals surface area contributed by atoms with Gasteiger partial charge in [-0.25, -0.2) is 0 Å². The molecule has 2 aliphatic heterocycles. The van der Waals surface area contributed by atoms with Crippen molar-refractivity contribution in [3.63, 3.8) is 0 Å². The Labute approximate surface area is 150 Å². The zero-order chi connectivity index (χ0) is 16.7. The second-order valence-electron chi connectivity index (χ2n) is 6.38. The molecule has 0 bridgehead atoms. The van der Waals surface area contributed by atoms with E-state index in [9.17, 15) is 0 Å².